The highest BCUT2D eigenvalue weighted by Crippen LogP contribution is 2.18. The molecule has 1 aliphatic heterocycles. The molecule has 0 aliphatic carbocycles. The molecule has 0 unspecified atom stereocenters. The van der Waals surface area contributed by atoms with Crippen molar-refractivity contribution in [3.05, 3.63) is 23.7 Å². The first-order valence-electron chi connectivity index (χ1n) is 7.92. The molecule has 1 saturated heterocycles. The highest BCUT2D eigenvalue weighted by Gasteiger charge is 2.22. The second-order valence-electron chi connectivity index (χ2n) is 5.78. The quantitative estimate of drug-likeness (QED) is 0.830. The molecule has 1 fully saturated rings. The van der Waals surface area contributed by atoms with Crippen LogP contribution in [0, 0.1) is 0 Å². The summed E-state index contributed by atoms with van der Waals surface area (Å²) in [6.07, 6.45) is 4.43. The number of hydrogen-bond acceptors (Lipinski definition) is 4. The van der Waals surface area contributed by atoms with E-state index in [0.717, 1.165) is 25.4 Å². The minimum Gasteiger partial charge on any atom is -0.468 e. The Morgan fingerprint density at radius 1 is 1.35 bits per heavy atom. The molecule has 0 amide bonds. The van der Waals surface area contributed by atoms with Crippen molar-refractivity contribution in [3.8, 4) is 0 Å². The van der Waals surface area contributed by atoms with Gasteiger partial charge < -0.3 is 14.6 Å². The molecule has 4 nitrogen and oxygen atoms in total. The van der Waals surface area contributed by atoms with E-state index in [4.69, 9.17) is 4.42 Å². The third-order valence-electron chi connectivity index (χ3n) is 4.32. The maximum absolute atomic E-state index is 5.67. The van der Waals surface area contributed by atoms with Crippen LogP contribution in [0.15, 0.2) is 16.7 Å². The molecule has 2 rings (SSSR count). The zero-order valence-corrected chi connectivity index (χ0v) is 13.2. The Kier molecular flexibility index (Phi) is 6.07. The first kappa shape index (κ1) is 15.5. The van der Waals surface area contributed by atoms with E-state index in [9.17, 15) is 0 Å². The van der Waals surface area contributed by atoms with Crippen molar-refractivity contribution >= 4 is 0 Å². The van der Waals surface area contributed by atoms with E-state index < -0.39 is 0 Å². The molecule has 0 aromatic carbocycles. The van der Waals surface area contributed by atoms with Gasteiger partial charge in [-0.3, -0.25) is 4.90 Å². The highest BCUT2D eigenvalue weighted by molar-refractivity contribution is 5.12. The largest absolute Gasteiger partial charge is 0.468 e. The van der Waals surface area contributed by atoms with Crippen molar-refractivity contribution in [1.82, 2.24) is 15.1 Å². The van der Waals surface area contributed by atoms with Gasteiger partial charge in [0.15, 0.2) is 0 Å². The molecule has 114 valence electrons. The van der Waals surface area contributed by atoms with E-state index in [-0.39, 0.29) is 0 Å². The summed E-state index contributed by atoms with van der Waals surface area (Å²) in [5.41, 5.74) is 1.25. The van der Waals surface area contributed by atoms with E-state index in [2.05, 4.69) is 42.1 Å². The van der Waals surface area contributed by atoms with Gasteiger partial charge in [-0.25, -0.2) is 0 Å². The molecule has 4 heteroatoms. The summed E-state index contributed by atoms with van der Waals surface area (Å²) >= 11 is 0. The lowest BCUT2D eigenvalue weighted by atomic mass is 10.0. The number of nitrogens with zero attached hydrogens (tertiary/aromatic N) is 2. The summed E-state index contributed by atoms with van der Waals surface area (Å²) in [7, 11) is 2.22. The number of rotatable bonds is 7. The minimum atomic E-state index is 0.695. The van der Waals surface area contributed by atoms with Gasteiger partial charge in [-0.05, 0) is 52.1 Å². The van der Waals surface area contributed by atoms with Crippen LogP contribution in [-0.4, -0.2) is 49.1 Å². The van der Waals surface area contributed by atoms with Gasteiger partial charge in [0.2, 0.25) is 0 Å². The van der Waals surface area contributed by atoms with Crippen LogP contribution in [0.1, 0.15) is 38.0 Å². The van der Waals surface area contributed by atoms with Crippen LogP contribution in [0.2, 0.25) is 0 Å². The van der Waals surface area contributed by atoms with Crippen LogP contribution in [0.25, 0.3) is 0 Å². The number of furan rings is 1. The van der Waals surface area contributed by atoms with Crippen molar-refractivity contribution in [2.45, 2.75) is 45.8 Å². The molecule has 1 N–H and O–H groups in total. The molecule has 1 aromatic heterocycles. The molecule has 0 radical (unpaired) electrons. The fraction of sp³-hybridized carbons (Fsp3) is 0.750. The summed E-state index contributed by atoms with van der Waals surface area (Å²) < 4.78 is 5.67. The SMILES string of the molecule is CCNCc1coc(CN(C)C2CCN(CC)CC2)c1. The summed E-state index contributed by atoms with van der Waals surface area (Å²) in [5, 5.41) is 3.33. The van der Waals surface area contributed by atoms with E-state index in [1.54, 1.807) is 0 Å². The maximum Gasteiger partial charge on any atom is 0.118 e. The smallest absolute Gasteiger partial charge is 0.118 e. The lowest BCUT2D eigenvalue weighted by Gasteiger charge is -2.35. The van der Waals surface area contributed by atoms with Crippen molar-refractivity contribution in [3.63, 3.8) is 0 Å². The number of piperidine rings is 1. The first-order chi connectivity index (χ1) is 9.72. The third-order valence-corrected chi connectivity index (χ3v) is 4.32. The van der Waals surface area contributed by atoms with Gasteiger partial charge in [0.25, 0.3) is 0 Å². The summed E-state index contributed by atoms with van der Waals surface area (Å²) in [6, 6.07) is 2.88. The molecule has 20 heavy (non-hydrogen) atoms. The average molecular weight is 279 g/mol. The number of likely N-dealkylation sites (tertiary alicyclic amines) is 1. The van der Waals surface area contributed by atoms with Crippen molar-refractivity contribution in [2.24, 2.45) is 0 Å². The molecular formula is C16H29N3O. The van der Waals surface area contributed by atoms with Gasteiger partial charge in [0, 0.05) is 18.2 Å². The number of nitrogens with one attached hydrogen (secondary N) is 1. The zero-order chi connectivity index (χ0) is 14.4. The van der Waals surface area contributed by atoms with Gasteiger partial charge in [0.05, 0.1) is 12.8 Å². The normalized spacial score (nSPS) is 18.0. The summed E-state index contributed by atoms with van der Waals surface area (Å²) in [5.74, 6) is 1.08. The van der Waals surface area contributed by atoms with Gasteiger partial charge in [-0.15, -0.1) is 0 Å². The fourth-order valence-electron chi connectivity index (χ4n) is 2.92. The Labute approximate surface area is 123 Å². The van der Waals surface area contributed by atoms with Crippen LogP contribution in [-0.2, 0) is 13.1 Å². The number of hydrogen-bond donors (Lipinski definition) is 1. The van der Waals surface area contributed by atoms with Gasteiger partial charge in [0.1, 0.15) is 5.76 Å². The molecule has 0 saturated carbocycles. The highest BCUT2D eigenvalue weighted by atomic mass is 16.3. The fourth-order valence-corrected chi connectivity index (χ4v) is 2.92. The van der Waals surface area contributed by atoms with Gasteiger partial charge >= 0.3 is 0 Å². The summed E-state index contributed by atoms with van der Waals surface area (Å²) in [4.78, 5) is 4.98. The van der Waals surface area contributed by atoms with Crippen molar-refractivity contribution in [1.29, 1.82) is 0 Å². The lowest BCUT2D eigenvalue weighted by molar-refractivity contribution is 0.121. The van der Waals surface area contributed by atoms with E-state index in [1.165, 1.54) is 38.0 Å². The Morgan fingerprint density at radius 3 is 2.75 bits per heavy atom. The minimum absolute atomic E-state index is 0.695. The molecule has 0 bridgehead atoms. The molecule has 2 heterocycles. The molecular weight excluding hydrogens is 250 g/mol. The van der Waals surface area contributed by atoms with Gasteiger partial charge in [-0.2, -0.15) is 0 Å². The predicted octanol–water partition coefficient (Wildman–Crippen LogP) is 2.31. The van der Waals surface area contributed by atoms with Crippen LogP contribution < -0.4 is 5.32 Å². The monoisotopic (exact) mass is 279 g/mol. The van der Waals surface area contributed by atoms with Crippen LogP contribution in [0.4, 0.5) is 0 Å². The Balaban J connectivity index is 1.79. The molecule has 1 aliphatic rings. The third kappa shape index (κ3) is 4.33. The van der Waals surface area contributed by atoms with E-state index in [1.807, 2.05) is 6.26 Å². The maximum atomic E-state index is 5.67. The Morgan fingerprint density at radius 2 is 2.10 bits per heavy atom. The lowest BCUT2D eigenvalue weighted by Crippen LogP contribution is -2.42. The van der Waals surface area contributed by atoms with Crippen LogP contribution in [0.5, 0.6) is 0 Å². The Bertz CT molecular complexity index is 383. The van der Waals surface area contributed by atoms with Crippen LogP contribution >= 0.6 is 0 Å². The molecule has 0 spiro atoms. The second kappa shape index (κ2) is 7.81. The first-order valence-corrected chi connectivity index (χ1v) is 7.92. The second-order valence-corrected chi connectivity index (χ2v) is 5.78. The zero-order valence-electron chi connectivity index (χ0n) is 13.2. The van der Waals surface area contributed by atoms with Gasteiger partial charge in [-0.1, -0.05) is 13.8 Å². The Hall–Kier alpha value is -0.840. The topological polar surface area (TPSA) is 31.7 Å². The van der Waals surface area contributed by atoms with Crippen LogP contribution in [0.3, 0.4) is 0 Å². The van der Waals surface area contributed by atoms with Crippen molar-refractivity contribution in [2.75, 3.05) is 33.2 Å². The molecule has 1 aromatic rings. The molecule has 0 atom stereocenters. The van der Waals surface area contributed by atoms with E-state index in [0.29, 0.717) is 6.04 Å². The average Bonchev–Trinajstić information content (AvgIpc) is 2.92. The standard InChI is InChI=1S/C16H29N3O/c1-4-17-11-14-10-16(20-13-14)12-18(3)15-6-8-19(5-2)9-7-15/h10,13,15,17H,4-9,11-12H2,1-3H3. The summed E-state index contributed by atoms with van der Waals surface area (Å²) in [6.45, 7) is 10.8. The van der Waals surface area contributed by atoms with E-state index >= 15 is 0 Å². The van der Waals surface area contributed by atoms with Crippen molar-refractivity contribution < 1.29 is 4.42 Å². The predicted molar refractivity (Wildman–Crippen MR) is 82.7 cm³/mol.